The quantitative estimate of drug-likeness (QED) is 0.833. The fraction of sp³-hybridized carbons (Fsp3) is 0.222. The van der Waals surface area contributed by atoms with Crippen LogP contribution in [0.4, 0.5) is 5.69 Å². The summed E-state index contributed by atoms with van der Waals surface area (Å²) in [5.74, 6) is 1.50. The number of thioether (sulfide) groups is 1. The Bertz CT molecular complexity index is 757. The summed E-state index contributed by atoms with van der Waals surface area (Å²) in [4.78, 5) is 13.7. The summed E-state index contributed by atoms with van der Waals surface area (Å²) in [5.41, 5.74) is 1.52. The van der Waals surface area contributed by atoms with E-state index in [0.29, 0.717) is 0 Å². The smallest absolute Gasteiger partial charge is 0.266 e. The second kappa shape index (κ2) is 6.97. The first-order chi connectivity index (χ1) is 11.6. The van der Waals surface area contributed by atoms with Gasteiger partial charge in [-0.15, -0.1) is 11.8 Å². The van der Waals surface area contributed by atoms with Gasteiger partial charge in [0.2, 0.25) is 0 Å². The van der Waals surface area contributed by atoms with Crippen molar-refractivity contribution in [3.05, 3.63) is 48.5 Å². The van der Waals surface area contributed by atoms with Crippen LogP contribution in [0.25, 0.3) is 0 Å². The maximum absolute atomic E-state index is 12.7. The third kappa shape index (κ3) is 3.23. The van der Waals surface area contributed by atoms with Gasteiger partial charge in [0.25, 0.3) is 5.91 Å². The molecule has 24 heavy (non-hydrogen) atoms. The van der Waals surface area contributed by atoms with Crippen molar-refractivity contribution in [3.63, 3.8) is 0 Å². The predicted molar refractivity (Wildman–Crippen MR) is 96.2 cm³/mol. The number of hydrazone groups is 1. The third-order valence-electron chi connectivity index (χ3n) is 3.70. The van der Waals surface area contributed by atoms with E-state index in [1.165, 1.54) is 16.8 Å². The van der Waals surface area contributed by atoms with Gasteiger partial charge < -0.3 is 9.47 Å². The van der Waals surface area contributed by atoms with E-state index in [2.05, 4.69) is 5.10 Å². The molecule has 1 heterocycles. The molecule has 2 aromatic carbocycles. The number of rotatable bonds is 5. The van der Waals surface area contributed by atoms with Gasteiger partial charge >= 0.3 is 0 Å². The molecule has 5 nitrogen and oxygen atoms in total. The Kier molecular flexibility index (Phi) is 4.76. The van der Waals surface area contributed by atoms with Gasteiger partial charge in [-0.2, -0.15) is 10.1 Å². The minimum atomic E-state index is -0.319. The average molecular weight is 342 g/mol. The Balaban J connectivity index is 1.76. The molecule has 0 bridgehead atoms. The molecule has 0 radical (unpaired) electrons. The van der Waals surface area contributed by atoms with Crippen LogP contribution < -0.4 is 14.5 Å². The number of carbonyl (C=O) groups excluding carboxylic acids is 1. The highest BCUT2D eigenvalue weighted by Gasteiger charge is 2.35. The maximum atomic E-state index is 12.7. The molecule has 0 saturated heterocycles. The molecule has 6 heteroatoms. The number of hydrogen-bond donors (Lipinski definition) is 0. The molecule has 1 unspecified atom stereocenters. The van der Waals surface area contributed by atoms with E-state index in [0.717, 1.165) is 27.8 Å². The summed E-state index contributed by atoms with van der Waals surface area (Å²) in [6, 6.07) is 14.9. The molecular formula is C18H18N2O3S. The molecule has 0 saturated carbocycles. The van der Waals surface area contributed by atoms with E-state index in [-0.39, 0.29) is 11.2 Å². The monoisotopic (exact) mass is 342 g/mol. The summed E-state index contributed by atoms with van der Waals surface area (Å²) in [6.07, 6.45) is 0. The number of nitrogens with zero attached hydrogens (tertiary/aromatic N) is 2. The SMILES string of the molecule is COc1ccc(SC2C(=O)N(c3ccc(OC)cc3)N=C2C)cc1. The van der Waals surface area contributed by atoms with Crippen LogP contribution in [-0.2, 0) is 4.79 Å². The van der Waals surface area contributed by atoms with Gasteiger partial charge in [-0.1, -0.05) is 0 Å². The van der Waals surface area contributed by atoms with Crippen LogP contribution in [-0.4, -0.2) is 31.1 Å². The number of hydrogen-bond acceptors (Lipinski definition) is 5. The zero-order chi connectivity index (χ0) is 17.1. The van der Waals surface area contributed by atoms with E-state index in [1.54, 1.807) is 14.2 Å². The molecule has 2 aromatic rings. The number of benzene rings is 2. The zero-order valence-corrected chi connectivity index (χ0v) is 14.5. The maximum Gasteiger partial charge on any atom is 0.266 e. The Morgan fingerprint density at radius 3 is 2.04 bits per heavy atom. The van der Waals surface area contributed by atoms with Crippen LogP contribution in [0, 0.1) is 0 Å². The van der Waals surface area contributed by atoms with Gasteiger partial charge in [-0.05, 0) is 55.5 Å². The minimum Gasteiger partial charge on any atom is -0.497 e. The largest absolute Gasteiger partial charge is 0.497 e. The Morgan fingerprint density at radius 2 is 1.50 bits per heavy atom. The highest BCUT2D eigenvalue weighted by molar-refractivity contribution is 8.01. The molecule has 1 aliphatic heterocycles. The number of methoxy groups -OCH3 is 2. The fourth-order valence-corrected chi connectivity index (χ4v) is 3.37. The fourth-order valence-electron chi connectivity index (χ4n) is 2.38. The standard InChI is InChI=1S/C18H18N2O3S/c1-12-17(24-16-10-8-15(23-3)9-11-16)18(21)20(19-12)13-4-6-14(22-2)7-5-13/h4-11,17H,1-3H3. The van der Waals surface area contributed by atoms with E-state index in [1.807, 2.05) is 55.5 Å². The molecule has 1 aliphatic rings. The number of amides is 1. The van der Waals surface area contributed by atoms with Crippen LogP contribution in [0.5, 0.6) is 11.5 Å². The molecule has 0 aliphatic carbocycles. The minimum absolute atomic E-state index is 0.0431. The van der Waals surface area contributed by atoms with Gasteiger partial charge in [0.05, 0.1) is 25.6 Å². The predicted octanol–water partition coefficient (Wildman–Crippen LogP) is 3.59. The third-order valence-corrected chi connectivity index (χ3v) is 5.02. The number of carbonyl (C=O) groups is 1. The molecule has 0 spiro atoms. The molecule has 0 N–H and O–H groups in total. The van der Waals surface area contributed by atoms with Crippen molar-refractivity contribution in [2.45, 2.75) is 17.1 Å². The van der Waals surface area contributed by atoms with Crippen LogP contribution >= 0.6 is 11.8 Å². The topological polar surface area (TPSA) is 51.1 Å². The average Bonchev–Trinajstić information content (AvgIpc) is 2.90. The van der Waals surface area contributed by atoms with Crippen molar-refractivity contribution in [1.82, 2.24) is 0 Å². The van der Waals surface area contributed by atoms with Gasteiger partial charge in [0.15, 0.2) is 0 Å². The van der Waals surface area contributed by atoms with Crippen molar-refractivity contribution in [2.75, 3.05) is 19.2 Å². The van der Waals surface area contributed by atoms with Crippen molar-refractivity contribution in [3.8, 4) is 11.5 Å². The summed E-state index contributed by atoms with van der Waals surface area (Å²) < 4.78 is 10.3. The van der Waals surface area contributed by atoms with Crippen LogP contribution in [0.15, 0.2) is 58.5 Å². The highest BCUT2D eigenvalue weighted by atomic mass is 32.2. The number of ether oxygens (including phenoxy) is 2. The van der Waals surface area contributed by atoms with E-state index >= 15 is 0 Å². The van der Waals surface area contributed by atoms with Gasteiger partial charge in [-0.25, -0.2) is 0 Å². The first kappa shape index (κ1) is 16.4. The van der Waals surface area contributed by atoms with Gasteiger partial charge in [-0.3, -0.25) is 4.79 Å². The summed E-state index contributed by atoms with van der Waals surface area (Å²) in [7, 11) is 3.24. The van der Waals surface area contributed by atoms with E-state index < -0.39 is 0 Å². The lowest BCUT2D eigenvalue weighted by atomic mass is 10.2. The normalized spacial score (nSPS) is 17.0. The summed E-state index contributed by atoms with van der Waals surface area (Å²) in [5, 5.41) is 5.56. The second-order valence-electron chi connectivity index (χ2n) is 5.26. The van der Waals surface area contributed by atoms with Gasteiger partial charge in [0, 0.05) is 4.90 Å². The molecular weight excluding hydrogens is 324 g/mol. The van der Waals surface area contributed by atoms with Crippen molar-refractivity contribution in [1.29, 1.82) is 0 Å². The first-order valence-electron chi connectivity index (χ1n) is 7.46. The summed E-state index contributed by atoms with van der Waals surface area (Å²) >= 11 is 1.49. The highest BCUT2D eigenvalue weighted by Crippen LogP contribution is 2.33. The lowest BCUT2D eigenvalue weighted by Gasteiger charge is -2.14. The van der Waals surface area contributed by atoms with Crippen LogP contribution in [0.2, 0.25) is 0 Å². The Labute approximate surface area is 145 Å². The number of anilines is 1. The zero-order valence-electron chi connectivity index (χ0n) is 13.7. The molecule has 0 aromatic heterocycles. The molecule has 1 atom stereocenters. The molecule has 1 amide bonds. The van der Waals surface area contributed by atoms with Gasteiger partial charge in [0.1, 0.15) is 16.7 Å². The first-order valence-corrected chi connectivity index (χ1v) is 8.34. The molecule has 0 fully saturated rings. The van der Waals surface area contributed by atoms with Crippen molar-refractivity contribution >= 4 is 29.1 Å². The Hall–Kier alpha value is -2.47. The van der Waals surface area contributed by atoms with E-state index in [9.17, 15) is 4.79 Å². The lowest BCUT2D eigenvalue weighted by Crippen LogP contribution is -2.28. The van der Waals surface area contributed by atoms with Crippen molar-refractivity contribution < 1.29 is 14.3 Å². The van der Waals surface area contributed by atoms with Crippen LogP contribution in [0.1, 0.15) is 6.92 Å². The van der Waals surface area contributed by atoms with Crippen molar-refractivity contribution in [2.24, 2.45) is 5.10 Å². The molecule has 3 rings (SSSR count). The lowest BCUT2D eigenvalue weighted by molar-refractivity contribution is -0.116. The Morgan fingerprint density at radius 1 is 0.958 bits per heavy atom. The van der Waals surface area contributed by atoms with Crippen LogP contribution in [0.3, 0.4) is 0 Å². The molecule has 124 valence electrons. The summed E-state index contributed by atoms with van der Waals surface area (Å²) in [6.45, 7) is 1.88. The second-order valence-corrected chi connectivity index (χ2v) is 6.44. The van der Waals surface area contributed by atoms with E-state index in [4.69, 9.17) is 9.47 Å².